The van der Waals surface area contributed by atoms with Crippen LogP contribution in [-0.2, 0) is 6.42 Å². The van der Waals surface area contributed by atoms with Crippen LogP contribution in [0.2, 0.25) is 0 Å². The van der Waals surface area contributed by atoms with E-state index >= 15 is 0 Å². The summed E-state index contributed by atoms with van der Waals surface area (Å²) in [6.45, 7) is 2.13. The van der Waals surface area contributed by atoms with E-state index in [1.54, 1.807) is 18.3 Å². The summed E-state index contributed by atoms with van der Waals surface area (Å²) in [5.41, 5.74) is 4.22. The fourth-order valence-corrected chi connectivity index (χ4v) is 2.75. The highest BCUT2D eigenvalue weighted by atomic mass is 15.2. The summed E-state index contributed by atoms with van der Waals surface area (Å²) < 4.78 is 0. The second kappa shape index (κ2) is 6.65. The average molecular weight is 340 g/mol. The number of aromatic nitrogens is 4. The zero-order valence-electron chi connectivity index (χ0n) is 14.2. The first-order chi connectivity index (χ1) is 12.8. The number of aromatic amines is 1. The monoisotopic (exact) mass is 340 g/mol. The third kappa shape index (κ3) is 2.98. The molecule has 0 aliphatic rings. The van der Waals surface area contributed by atoms with Crippen molar-refractivity contribution in [1.29, 1.82) is 5.26 Å². The maximum atomic E-state index is 9.12. The number of aryl methyl sites for hydroxylation is 1. The molecule has 0 saturated carbocycles. The third-order valence-electron chi connectivity index (χ3n) is 4.18. The van der Waals surface area contributed by atoms with Crippen molar-refractivity contribution in [2.24, 2.45) is 0 Å². The number of nitriles is 1. The molecule has 6 heteroatoms. The van der Waals surface area contributed by atoms with Gasteiger partial charge >= 0.3 is 0 Å². The van der Waals surface area contributed by atoms with Gasteiger partial charge in [0.25, 0.3) is 0 Å². The molecule has 2 heterocycles. The van der Waals surface area contributed by atoms with Crippen molar-refractivity contribution < 1.29 is 0 Å². The van der Waals surface area contributed by atoms with E-state index < -0.39 is 0 Å². The highest BCUT2D eigenvalue weighted by molar-refractivity contribution is 5.89. The van der Waals surface area contributed by atoms with Gasteiger partial charge in [0.1, 0.15) is 5.82 Å². The molecule has 2 N–H and O–H groups in total. The molecule has 2 aromatic heterocycles. The Labute approximate surface area is 150 Å². The van der Waals surface area contributed by atoms with Gasteiger partial charge in [-0.3, -0.25) is 5.10 Å². The van der Waals surface area contributed by atoms with Crippen LogP contribution in [0.15, 0.2) is 54.7 Å². The molecule has 0 saturated heterocycles. The minimum absolute atomic E-state index is 0.534. The molecule has 0 bridgehead atoms. The van der Waals surface area contributed by atoms with E-state index in [0.717, 1.165) is 23.1 Å². The minimum atomic E-state index is 0.534. The van der Waals surface area contributed by atoms with Gasteiger partial charge in [0, 0.05) is 11.3 Å². The second-order valence-electron chi connectivity index (χ2n) is 5.90. The SMILES string of the molecule is CCc1ccc(Nc2nc(-c3cccc(C#N)c3)nc3[nH]ncc23)cc1. The van der Waals surface area contributed by atoms with Gasteiger partial charge in [0.15, 0.2) is 11.5 Å². The summed E-state index contributed by atoms with van der Waals surface area (Å²) in [7, 11) is 0. The molecule has 26 heavy (non-hydrogen) atoms. The Hall–Kier alpha value is -3.72. The topological polar surface area (TPSA) is 90.3 Å². The Morgan fingerprint density at radius 1 is 1.12 bits per heavy atom. The number of benzene rings is 2. The normalized spacial score (nSPS) is 10.6. The average Bonchev–Trinajstić information content (AvgIpc) is 3.17. The van der Waals surface area contributed by atoms with Gasteiger partial charge in [0.05, 0.1) is 23.2 Å². The number of hydrogen-bond donors (Lipinski definition) is 2. The maximum absolute atomic E-state index is 9.12. The van der Waals surface area contributed by atoms with Gasteiger partial charge in [-0.1, -0.05) is 31.2 Å². The van der Waals surface area contributed by atoms with Gasteiger partial charge in [-0.2, -0.15) is 10.4 Å². The molecular weight excluding hydrogens is 324 g/mol. The number of nitrogens with zero attached hydrogens (tertiary/aromatic N) is 4. The van der Waals surface area contributed by atoms with Crippen LogP contribution in [0.5, 0.6) is 0 Å². The molecule has 4 rings (SSSR count). The van der Waals surface area contributed by atoms with Crippen molar-refractivity contribution >= 4 is 22.5 Å². The smallest absolute Gasteiger partial charge is 0.164 e. The highest BCUT2D eigenvalue weighted by Gasteiger charge is 2.12. The van der Waals surface area contributed by atoms with Gasteiger partial charge < -0.3 is 5.32 Å². The predicted octanol–water partition coefficient (Wildman–Crippen LogP) is 4.20. The molecule has 126 valence electrons. The number of rotatable bonds is 4. The van der Waals surface area contributed by atoms with E-state index in [1.807, 2.05) is 24.3 Å². The molecule has 0 amide bonds. The number of fused-ring (bicyclic) bond motifs is 1. The van der Waals surface area contributed by atoms with Gasteiger partial charge in [-0.05, 0) is 36.2 Å². The van der Waals surface area contributed by atoms with Gasteiger partial charge in [-0.15, -0.1) is 0 Å². The summed E-state index contributed by atoms with van der Waals surface area (Å²) in [4.78, 5) is 9.20. The van der Waals surface area contributed by atoms with Crippen LogP contribution in [0.1, 0.15) is 18.1 Å². The first kappa shape index (κ1) is 15.8. The van der Waals surface area contributed by atoms with E-state index in [-0.39, 0.29) is 0 Å². The number of hydrogen-bond acceptors (Lipinski definition) is 5. The molecule has 6 nitrogen and oxygen atoms in total. The predicted molar refractivity (Wildman–Crippen MR) is 101 cm³/mol. The standard InChI is InChI=1S/C20H16N6/c1-2-13-6-8-16(9-7-13)23-19-17-12-22-26-20(17)25-18(24-19)15-5-3-4-14(10-15)11-21/h3-10,12H,2H2,1H3,(H2,22,23,24,25,26). The molecule has 0 spiro atoms. The van der Waals surface area contributed by atoms with Crippen molar-refractivity contribution in [3.05, 3.63) is 65.9 Å². The van der Waals surface area contributed by atoms with Crippen LogP contribution in [0.25, 0.3) is 22.4 Å². The number of H-pyrrole nitrogens is 1. The fourth-order valence-electron chi connectivity index (χ4n) is 2.75. The van der Waals surface area contributed by atoms with E-state index in [1.165, 1.54) is 5.56 Å². The molecular formula is C20H16N6. The van der Waals surface area contributed by atoms with Gasteiger partial charge in [0.2, 0.25) is 0 Å². The van der Waals surface area contributed by atoms with E-state index in [4.69, 9.17) is 5.26 Å². The van der Waals surface area contributed by atoms with Crippen molar-refractivity contribution in [2.45, 2.75) is 13.3 Å². The van der Waals surface area contributed by atoms with Crippen LogP contribution >= 0.6 is 0 Å². The Morgan fingerprint density at radius 3 is 2.73 bits per heavy atom. The van der Waals surface area contributed by atoms with Crippen LogP contribution in [0.3, 0.4) is 0 Å². The summed E-state index contributed by atoms with van der Waals surface area (Å²) in [5.74, 6) is 1.21. The Morgan fingerprint density at radius 2 is 1.96 bits per heavy atom. The molecule has 0 unspecified atom stereocenters. The molecule has 0 aliphatic heterocycles. The molecule has 2 aromatic carbocycles. The zero-order valence-corrected chi connectivity index (χ0v) is 14.2. The van der Waals surface area contributed by atoms with Crippen LogP contribution in [0.4, 0.5) is 11.5 Å². The van der Waals surface area contributed by atoms with Crippen molar-refractivity contribution in [3.63, 3.8) is 0 Å². The first-order valence-electron chi connectivity index (χ1n) is 8.34. The lowest BCUT2D eigenvalue weighted by Gasteiger charge is -2.09. The Balaban J connectivity index is 1.78. The van der Waals surface area contributed by atoms with Gasteiger partial charge in [-0.25, -0.2) is 9.97 Å². The highest BCUT2D eigenvalue weighted by Crippen LogP contribution is 2.26. The van der Waals surface area contributed by atoms with Crippen LogP contribution in [-0.4, -0.2) is 20.2 Å². The molecule has 0 atom stereocenters. The Bertz CT molecular complexity index is 1110. The summed E-state index contributed by atoms with van der Waals surface area (Å²) in [6.07, 6.45) is 2.70. The lowest BCUT2D eigenvalue weighted by atomic mass is 10.1. The fraction of sp³-hybridized carbons (Fsp3) is 0.100. The van der Waals surface area contributed by atoms with Crippen molar-refractivity contribution in [1.82, 2.24) is 20.2 Å². The number of nitrogens with one attached hydrogen (secondary N) is 2. The Kier molecular flexibility index (Phi) is 4.04. The molecule has 0 radical (unpaired) electrons. The lowest BCUT2D eigenvalue weighted by molar-refractivity contribution is 1.09. The van der Waals surface area contributed by atoms with E-state index in [0.29, 0.717) is 22.9 Å². The van der Waals surface area contributed by atoms with E-state index in [2.05, 4.69) is 50.6 Å². The van der Waals surface area contributed by atoms with Crippen molar-refractivity contribution in [2.75, 3.05) is 5.32 Å². The van der Waals surface area contributed by atoms with E-state index in [9.17, 15) is 0 Å². The molecule has 0 aliphatic carbocycles. The summed E-state index contributed by atoms with van der Waals surface area (Å²) >= 11 is 0. The summed E-state index contributed by atoms with van der Waals surface area (Å²) in [5, 5.41) is 20.3. The quantitative estimate of drug-likeness (QED) is 0.581. The zero-order chi connectivity index (χ0) is 17.9. The van der Waals surface area contributed by atoms with Crippen LogP contribution in [0, 0.1) is 11.3 Å². The number of anilines is 2. The third-order valence-corrected chi connectivity index (χ3v) is 4.18. The first-order valence-corrected chi connectivity index (χ1v) is 8.34. The largest absolute Gasteiger partial charge is 0.339 e. The lowest BCUT2D eigenvalue weighted by Crippen LogP contribution is -1.99. The molecule has 4 aromatic rings. The van der Waals surface area contributed by atoms with Crippen LogP contribution < -0.4 is 5.32 Å². The maximum Gasteiger partial charge on any atom is 0.164 e. The second-order valence-corrected chi connectivity index (χ2v) is 5.90. The van der Waals surface area contributed by atoms with Crippen molar-refractivity contribution in [3.8, 4) is 17.5 Å². The minimum Gasteiger partial charge on any atom is -0.339 e. The summed E-state index contributed by atoms with van der Waals surface area (Å²) in [6, 6.07) is 17.6. The molecule has 0 fully saturated rings.